The summed E-state index contributed by atoms with van der Waals surface area (Å²) in [5.41, 5.74) is 0.0961. The molecule has 2 aromatic rings. The van der Waals surface area contributed by atoms with Crippen LogP contribution in [-0.2, 0) is 20.5 Å². The number of rotatable bonds is 7. The predicted molar refractivity (Wildman–Crippen MR) is 119 cm³/mol. The second-order valence-corrected chi connectivity index (χ2v) is 8.14. The fraction of sp³-hybridized carbons (Fsp3) is 0.348. The Labute approximate surface area is 199 Å². The van der Waals surface area contributed by atoms with E-state index in [1.54, 1.807) is 25.1 Å². The molecule has 0 radical (unpaired) electrons. The second kappa shape index (κ2) is 10.4. The number of benzene rings is 2. The van der Waals surface area contributed by atoms with Gasteiger partial charge < -0.3 is 14.5 Å². The van der Waals surface area contributed by atoms with Crippen molar-refractivity contribution in [1.82, 2.24) is 9.80 Å². The molecule has 34 heavy (non-hydrogen) atoms. The van der Waals surface area contributed by atoms with E-state index in [-0.39, 0.29) is 37.8 Å². The molecule has 1 saturated heterocycles. The highest BCUT2D eigenvalue weighted by Gasteiger charge is 2.35. The van der Waals surface area contributed by atoms with E-state index in [1.807, 2.05) is 0 Å². The molecular weight excluding hydrogens is 475 g/mol. The van der Waals surface area contributed by atoms with Gasteiger partial charge in [0.05, 0.1) is 12.2 Å². The van der Waals surface area contributed by atoms with Gasteiger partial charge in [-0.2, -0.15) is 13.2 Å². The number of nitrogens with zero attached hydrogens (tertiary/aromatic N) is 3. The van der Waals surface area contributed by atoms with Crippen LogP contribution < -0.4 is 4.90 Å². The van der Waals surface area contributed by atoms with Crippen LogP contribution in [0.3, 0.4) is 0 Å². The highest BCUT2D eigenvalue weighted by molar-refractivity contribution is 6.31. The van der Waals surface area contributed by atoms with Crippen molar-refractivity contribution in [1.29, 1.82) is 0 Å². The summed E-state index contributed by atoms with van der Waals surface area (Å²) in [5.74, 6) is -1.58. The van der Waals surface area contributed by atoms with E-state index in [2.05, 4.69) is 0 Å². The third-order valence-corrected chi connectivity index (χ3v) is 5.85. The van der Waals surface area contributed by atoms with E-state index >= 15 is 0 Å². The minimum atomic E-state index is -4.61. The van der Waals surface area contributed by atoms with Crippen LogP contribution >= 0.6 is 11.6 Å². The third-order valence-electron chi connectivity index (χ3n) is 5.44. The smallest absolute Gasteiger partial charge is 0.383 e. The van der Waals surface area contributed by atoms with Crippen LogP contribution in [0.25, 0.3) is 0 Å². The maximum absolute atomic E-state index is 13.1. The predicted octanol–water partition coefficient (Wildman–Crippen LogP) is 3.59. The summed E-state index contributed by atoms with van der Waals surface area (Å²) in [6.45, 7) is 1.17. The Morgan fingerprint density at radius 1 is 1.18 bits per heavy atom. The Morgan fingerprint density at radius 2 is 1.88 bits per heavy atom. The van der Waals surface area contributed by atoms with Crippen LogP contribution in [0.15, 0.2) is 42.5 Å². The van der Waals surface area contributed by atoms with Crippen molar-refractivity contribution in [2.24, 2.45) is 0 Å². The number of anilines is 1. The number of ether oxygens (including phenoxy) is 1. The summed E-state index contributed by atoms with van der Waals surface area (Å²) < 4.78 is 44.2. The van der Waals surface area contributed by atoms with Gasteiger partial charge in [-0.05, 0) is 42.8 Å². The lowest BCUT2D eigenvalue weighted by molar-refractivity contribution is -0.137. The molecule has 0 saturated carbocycles. The van der Waals surface area contributed by atoms with Crippen molar-refractivity contribution in [2.75, 3.05) is 44.9 Å². The van der Waals surface area contributed by atoms with Crippen LogP contribution in [0.4, 0.5) is 18.9 Å². The zero-order valence-electron chi connectivity index (χ0n) is 18.6. The van der Waals surface area contributed by atoms with Crippen molar-refractivity contribution in [2.45, 2.75) is 13.1 Å². The average Bonchev–Trinajstić information content (AvgIpc) is 3.19. The summed E-state index contributed by atoms with van der Waals surface area (Å²) in [7, 11) is 1.40. The van der Waals surface area contributed by atoms with Crippen LogP contribution in [0, 0.1) is 6.92 Å². The monoisotopic (exact) mass is 497 g/mol. The number of amides is 3. The lowest BCUT2D eigenvalue weighted by atomic mass is 10.1. The van der Waals surface area contributed by atoms with Crippen LogP contribution in [-0.4, -0.2) is 67.5 Å². The molecule has 0 aliphatic carbocycles. The minimum Gasteiger partial charge on any atom is -0.383 e. The van der Waals surface area contributed by atoms with Gasteiger partial charge >= 0.3 is 6.18 Å². The van der Waals surface area contributed by atoms with Gasteiger partial charge in [0.15, 0.2) is 0 Å². The van der Waals surface area contributed by atoms with Crippen molar-refractivity contribution in [3.8, 4) is 0 Å². The molecule has 3 rings (SSSR count). The number of halogens is 4. The standard InChI is InChI=1S/C23H23ClF3N3O4/c1-15-18(24)7-4-8-19(15)30-14-29(13-21(30)32)20(31)12-28(9-10-34-2)22(33)16-5-3-6-17(11-16)23(25,26)27/h3-8,11H,9-10,12-14H2,1-2H3. The summed E-state index contributed by atoms with van der Waals surface area (Å²) in [4.78, 5) is 42.3. The zero-order valence-corrected chi connectivity index (χ0v) is 19.3. The molecule has 0 aromatic heterocycles. The van der Waals surface area contributed by atoms with E-state index in [4.69, 9.17) is 16.3 Å². The molecule has 2 aromatic carbocycles. The van der Waals surface area contributed by atoms with E-state index in [0.717, 1.165) is 23.1 Å². The van der Waals surface area contributed by atoms with Gasteiger partial charge in [0.1, 0.15) is 19.8 Å². The van der Waals surface area contributed by atoms with Gasteiger partial charge in [-0.1, -0.05) is 23.7 Å². The van der Waals surface area contributed by atoms with Gasteiger partial charge in [0.2, 0.25) is 11.8 Å². The van der Waals surface area contributed by atoms with E-state index in [1.165, 1.54) is 23.0 Å². The number of carbonyl (C=O) groups is 3. The first-order valence-electron chi connectivity index (χ1n) is 10.3. The molecule has 1 fully saturated rings. The molecule has 0 unspecified atom stereocenters. The Morgan fingerprint density at radius 3 is 2.56 bits per heavy atom. The molecule has 0 spiro atoms. The molecule has 1 aliphatic heterocycles. The molecule has 7 nitrogen and oxygen atoms in total. The Bertz CT molecular complexity index is 1090. The largest absolute Gasteiger partial charge is 0.416 e. The van der Waals surface area contributed by atoms with Crippen molar-refractivity contribution < 1.29 is 32.3 Å². The number of methoxy groups -OCH3 is 1. The van der Waals surface area contributed by atoms with E-state index < -0.39 is 30.1 Å². The average molecular weight is 498 g/mol. The first-order valence-corrected chi connectivity index (χ1v) is 10.7. The van der Waals surface area contributed by atoms with Crippen molar-refractivity contribution in [3.63, 3.8) is 0 Å². The van der Waals surface area contributed by atoms with E-state index in [0.29, 0.717) is 16.3 Å². The van der Waals surface area contributed by atoms with E-state index in [9.17, 15) is 27.6 Å². The van der Waals surface area contributed by atoms with Crippen LogP contribution in [0.1, 0.15) is 21.5 Å². The quantitative estimate of drug-likeness (QED) is 0.586. The van der Waals surface area contributed by atoms with Crippen LogP contribution in [0.2, 0.25) is 5.02 Å². The first kappa shape index (κ1) is 25.5. The Hall–Kier alpha value is -3.11. The fourth-order valence-corrected chi connectivity index (χ4v) is 3.71. The molecule has 182 valence electrons. The molecule has 0 bridgehead atoms. The van der Waals surface area contributed by atoms with Crippen molar-refractivity contribution >= 4 is 35.0 Å². The first-order chi connectivity index (χ1) is 16.0. The van der Waals surface area contributed by atoms with Gasteiger partial charge in [0.25, 0.3) is 5.91 Å². The van der Waals surface area contributed by atoms with Crippen LogP contribution in [0.5, 0.6) is 0 Å². The third kappa shape index (κ3) is 5.68. The molecule has 3 amide bonds. The summed E-state index contributed by atoms with van der Waals surface area (Å²) in [6.07, 6.45) is -4.61. The highest BCUT2D eigenvalue weighted by Crippen LogP contribution is 2.30. The molecular formula is C23H23ClF3N3O4. The maximum Gasteiger partial charge on any atom is 0.416 e. The Balaban J connectivity index is 1.76. The molecule has 0 atom stereocenters. The summed E-state index contributed by atoms with van der Waals surface area (Å²) >= 11 is 6.14. The molecule has 1 heterocycles. The zero-order chi connectivity index (χ0) is 25.0. The second-order valence-electron chi connectivity index (χ2n) is 7.74. The van der Waals surface area contributed by atoms with Gasteiger partial charge in [-0.25, -0.2) is 0 Å². The maximum atomic E-state index is 13.1. The van der Waals surface area contributed by atoms with Gasteiger partial charge in [-0.3, -0.25) is 19.3 Å². The number of hydrogen-bond acceptors (Lipinski definition) is 4. The normalized spacial score (nSPS) is 14.0. The molecule has 0 N–H and O–H groups in total. The lowest BCUT2D eigenvalue weighted by Gasteiger charge is -2.25. The summed E-state index contributed by atoms with van der Waals surface area (Å²) in [6, 6.07) is 9.11. The minimum absolute atomic E-state index is 0.0176. The topological polar surface area (TPSA) is 70.2 Å². The number of alkyl halides is 3. The van der Waals surface area contributed by atoms with Gasteiger partial charge in [0, 0.05) is 29.9 Å². The van der Waals surface area contributed by atoms with Gasteiger partial charge in [-0.15, -0.1) is 0 Å². The Kier molecular flexibility index (Phi) is 7.83. The summed E-state index contributed by atoms with van der Waals surface area (Å²) in [5, 5.41) is 0.479. The SMILES string of the molecule is COCCN(CC(=O)N1CC(=O)N(c2cccc(Cl)c2C)C1)C(=O)c1cccc(C(F)(F)F)c1. The van der Waals surface area contributed by atoms with Crippen molar-refractivity contribution in [3.05, 3.63) is 64.2 Å². The number of carbonyl (C=O) groups excluding carboxylic acids is 3. The fourth-order valence-electron chi connectivity index (χ4n) is 3.54. The molecule has 11 heteroatoms. The highest BCUT2D eigenvalue weighted by atomic mass is 35.5. The lowest BCUT2D eigenvalue weighted by Crippen LogP contribution is -2.44. The molecule has 1 aliphatic rings. The number of hydrogen-bond donors (Lipinski definition) is 0.